The first-order valence-electron chi connectivity index (χ1n) is 4.60. The van der Waals surface area contributed by atoms with Crippen LogP contribution < -0.4 is 0 Å². The average Bonchev–Trinajstić information content (AvgIpc) is 2.02. The summed E-state index contributed by atoms with van der Waals surface area (Å²) in [5.74, 6) is 0.345. The minimum atomic E-state index is 0.217. The Labute approximate surface area is 76.8 Å². The Bertz CT molecular complexity index is 147. The van der Waals surface area contributed by atoms with Crippen molar-refractivity contribution in [2.75, 3.05) is 0 Å². The Hall–Kier alpha value is -0.300. The van der Waals surface area contributed by atoms with Crippen molar-refractivity contribution < 1.29 is 4.74 Å². The second-order valence-electron chi connectivity index (χ2n) is 3.49. The minimum Gasteiger partial charge on any atom is -0.371 e. The van der Waals surface area contributed by atoms with Crippen molar-refractivity contribution in [3.05, 3.63) is 18.6 Å². The van der Waals surface area contributed by atoms with Crippen molar-refractivity contribution in [3.63, 3.8) is 0 Å². The van der Waals surface area contributed by atoms with Crippen LogP contribution in [0, 0.1) is 12.8 Å². The lowest BCUT2D eigenvalue weighted by Crippen LogP contribution is -2.22. The highest BCUT2D eigenvalue weighted by molar-refractivity contribution is 5.01. The molecule has 0 rings (SSSR count). The van der Waals surface area contributed by atoms with Crippen molar-refractivity contribution in [3.8, 4) is 0 Å². The lowest BCUT2D eigenvalue weighted by atomic mass is 10.1. The molecule has 0 aromatic carbocycles. The maximum atomic E-state index is 5.73. The third-order valence-electron chi connectivity index (χ3n) is 2.32. The van der Waals surface area contributed by atoms with E-state index in [1.165, 1.54) is 5.57 Å². The van der Waals surface area contributed by atoms with E-state index in [-0.39, 0.29) is 12.2 Å². The van der Waals surface area contributed by atoms with E-state index in [2.05, 4.69) is 40.7 Å². The van der Waals surface area contributed by atoms with Gasteiger partial charge in [0, 0.05) is 0 Å². The molecule has 0 N–H and O–H groups in total. The summed E-state index contributed by atoms with van der Waals surface area (Å²) in [6, 6.07) is 0. The standard InChI is InChI=1S/C11H21O/c1-7-9(4)11(6)12-10(5)8(2)3/h7-8,10-11H,2H2,1,3-6H3/b9-7+. The molecule has 0 amide bonds. The first kappa shape index (κ1) is 11.7. The smallest absolute Gasteiger partial charge is 0.0757 e. The zero-order valence-electron chi connectivity index (χ0n) is 8.92. The molecule has 0 saturated carbocycles. The highest BCUT2D eigenvalue weighted by Crippen LogP contribution is 2.12. The molecule has 0 heterocycles. The Balaban J connectivity index is 3.92. The second kappa shape index (κ2) is 5.36. The van der Waals surface area contributed by atoms with Gasteiger partial charge in [-0.15, -0.1) is 0 Å². The molecule has 71 valence electrons. The highest BCUT2D eigenvalue weighted by Gasteiger charge is 2.12. The molecule has 0 aliphatic heterocycles. The fourth-order valence-electron chi connectivity index (χ4n) is 0.798. The summed E-state index contributed by atoms with van der Waals surface area (Å²) in [6.07, 6.45) is 2.54. The highest BCUT2D eigenvalue weighted by atomic mass is 16.5. The largest absolute Gasteiger partial charge is 0.371 e. The molecule has 1 nitrogen and oxygen atoms in total. The van der Waals surface area contributed by atoms with Gasteiger partial charge in [0.25, 0.3) is 0 Å². The SMILES string of the molecule is [CH2]C(C)C(C)OC(C)/C(C)=C/C. The molecule has 0 aromatic rings. The van der Waals surface area contributed by atoms with Crippen LogP contribution in [-0.4, -0.2) is 12.2 Å². The summed E-state index contributed by atoms with van der Waals surface area (Å²) in [7, 11) is 0. The summed E-state index contributed by atoms with van der Waals surface area (Å²) in [5, 5.41) is 0. The molecule has 0 bridgehead atoms. The van der Waals surface area contributed by atoms with E-state index in [0.717, 1.165) is 0 Å². The van der Waals surface area contributed by atoms with E-state index < -0.39 is 0 Å². The summed E-state index contributed by atoms with van der Waals surface area (Å²) in [4.78, 5) is 0. The lowest BCUT2D eigenvalue weighted by molar-refractivity contribution is 0.00766. The second-order valence-corrected chi connectivity index (χ2v) is 3.49. The van der Waals surface area contributed by atoms with Crippen molar-refractivity contribution in [2.45, 2.75) is 46.8 Å². The fourth-order valence-corrected chi connectivity index (χ4v) is 0.798. The molecular formula is C11H21O. The van der Waals surface area contributed by atoms with Crippen LogP contribution >= 0.6 is 0 Å². The molecule has 1 heteroatoms. The lowest BCUT2D eigenvalue weighted by Gasteiger charge is -2.22. The van der Waals surface area contributed by atoms with Gasteiger partial charge in [0.2, 0.25) is 0 Å². The molecule has 12 heavy (non-hydrogen) atoms. The van der Waals surface area contributed by atoms with Gasteiger partial charge < -0.3 is 4.74 Å². The van der Waals surface area contributed by atoms with Crippen LogP contribution in [0.15, 0.2) is 11.6 Å². The summed E-state index contributed by atoms with van der Waals surface area (Å²) in [5.41, 5.74) is 1.28. The molecule has 0 aliphatic rings. The minimum absolute atomic E-state index is 0.217. The molecule has 0 spiro atoms. The molecule has 3 atom stereocenters. The van der Waals surface area contributed by atoms with E-state index in [1.807, 2.05) is 6.92 Å². The van der Waals surface area contributed by atoms with Gasteiger partial charge >= 0.3 is 0 Å². The Morgan fingerprint density at radius 3 is 2.17 bits per heavy atom. The molecule has 0 aromatic heterocycles. The number of allylic oxidation sites excluding steroid dienone is 1. The Kier molecular flexibility index (Phi) is 5.23. The monoisotopic (exact) mass is 169 g/mol. The Morgan fingerprint density at radius 1 is 1.33 bits per heavy atom. The van der Waals surface area contributed by atoms with Gasteiger partial charge in [-0.25, -0.2) is 0 Å². The van der Waals surface area contributed by atoms with Gasteiger partial charge in [-0.05, 0) is 46.1 Å². The fraction of sp³-hybridized carbons (Fsp3) is 0.727. The topological polar surface area (TPSA) is 9.23 Å². The molecule has 0 fully saturated rings. The van der Waals surface area contributed by atoms with Crippen LogP contribution in [0.3, 0.4) is 0 Å². The van der Waals surface area contributed by atoms with E-state index in [9.17, 15) is 0 Å². The third kappa shape index (κ3) is 3.91. The number of hydrogen-bond acceptors (Lipinski definition) is 1. The van der Waals surface area contributed by atoms with Gasteiger partial charge in [0.05, 0.1) is 12.2 Å². The Morgan fingerprint density at radius 2 is 1.83 bits per heavy atom. The maximum absolute atomic E-state index is 5.73. The first-order valence-corrected chi connectivity index (χ1v) is 4.60. The van der Waals surface area contributed by atoms with Gasteiger partial charge in [-0.1, -0.05) is 13.0 Å². The number of rotatable bonds is 4. The van der Waals surface area contributed by atoms with Crippen molar-refractivity contribution in [1.29, 1.82) is 0 Å². The zero-order valence-corrected chi connectivity index (χ0v) is 8.92. The van der Waals surface area contributed by atoms with Crippen LogP contribution in [0.4, 0.5) is 0 Å². The molecule has 0 saturated heterocycles. The van der Waals surface area contributed by atoms with Crippen molar-refractivity contribution >= 4 is 0 Å². The number of hydrogen-bond donors (Lipinski definition) is 0. The summed E-state index contributed by atoms with van der Waals surface area (Å²) in [6.45, 7) is 14.3. The van der Waals surface area contributed by atoms with E-state index >= 15 is 0 Å². The number of ether oxygens (including phenoxy) is 1. The van der Waals surface area contributed by atoms with Gasteiger partial charge in [0.1, 0.15) is 0 Å². The van der Waals surface area contributed by atoms with E-state index in [1.54, 1.807) is 0 Å². The molecule has 3 unspecified atom stereocenters. The molecular weight excluding hydrogens is 148 g/mol. The van der Waals surface area contributed by atoms with Crippen molar-refractivity contribution in [1.82, 2.24) is 0 Å². The predicted octanol–water partition coefficient (Wildman–Crippen LogP) is 3.22. The molecule has 1 radical (unpaired) electrons. The average molecular weight is 169 g/mol. The van der Waals surface area contributed by atoms with Crippen LogP contribution in [-0.2, 0) is 4.74 Å². The van der Waals surface area contributed by atoms with Crippen molar-refractivity contribution in [2.24, 2.45) is 5.92 Å². The van der Waals surface area contributed by atoms with E-state index in [0.29, 0.717) is 5.92 Å². The van der Waals surface area contributed by atoms with Gasteiger partial charge in [0.15, 0.2) is 0 Å². The zero-order chi connectivity index (χ0) is 9.72. The maximum Gasteiger partial charge on any atom is 0.0757 e. The normalized spacial score (nSPS) is 18.1. The van der Waals surface area contributed by atoms with Crippen LogP contribution in [0.25, 0.3) is 0 Å². The van der Waals surface area contributed by atoms with Crippen LogP contribution in [0.2, 0.25) is 0 Å². The van der Waals surface area contributed by atoms with Crippen LogP contribution in [0.5, 0.6) is 0 Å². The first-order chi connectivity index (χ1) is 5.49. The summed E-state index contributed by atoms with van der Waals surface area (Å²) >= 11 is 0. The van der Waals surface area contributed by atoms with Crippen LogP contribution in [0.1, 0.15) is 34.6 Å². The predicted molar refractivity (Wildman–Crippen MR) is 54.0 cm³/mol. The van der Waals surface area contributed by atoms with Gasteiger partial charge in [-0.3, -0.25) is 0 Å². The quantitative estimate of drug-likeness (QED) is 0.587. The third-order valence-corrected chi connectivity index (χ3v) is 2.32. The summed E-state index contributed by atoms with van der Waals surface area (Å²) < 4.78 is 5.73. The van der Waals surface area contributed by atoms with Gasteiger partial charge in [-0.2, -0.15) is 0 Å². The molecule has 0 aliphatic carbocycles. The van der Waals surface area contributed by atoms with E-state index in [4.69, 9.17) is 4.74 Å².